The van der Waals surface area contributed by atoms with Crippen molar-refractivity contribution in [2.24, 2.45) is 7.05 Å². The standard InChI is InChI=1S/C14H18N4O2/c1-5-10-11(7-18(4)17-10)16-13-12(14(19)20)8(2)6-9(3)15-13/h6-7H,5H2,1-4H3,(H,15,16)(H,19,20). The van der Waals surface area contributed by atoms with Crippen LogP contribution in [0.3, 0.4) is 0 Å². The third kappa shape index (κ3) is 2.64. The number of hydrogen-bond donors (Lipinski definition) is 2. The number of nitrogens with zero attached hydrogens (tertiary/aromatic N) is 3. The number of carbonyl (C=O) groups is 1. The van der Waals surface area contributed by atoms with Gasteiger partial charge < -0.3 is 10.4 Å². The number of carboxylic acid groups (broad SMARTS) is 1. The van der Waals surface area contributed by atoms with Crippen LogP contribution < -0.4 is 5.32 Å². The Morgan fingerprint density at radius 1 is 1.45 bits per heavy atom. The maximum absolute atomic E-state index is 11.4. The largest absolute Gasteiger partial charge is 0.478 e. The van der Waals surface area contributed by atoms with Gasteiger partial charge in [0, 0.05) is 18.9 Å². The fourth-order valence-electron chi connectivity index (χ4n) is 2.22. The highest BCUT2D eigenvalue weighted by Gasteiger charge is 2.17. The summed E-state index contributed by atoms with van der Waals surface area (Å²) in [6, 6.07) is 1.76. The molecule has 2 rings (SSSR count). The van der Waals surface area contributed by atoms with Crippen LogP contribution in [0, 0.1) is 13.8 Å². The number of nitrogens with one attached hydrogen (secondary N) is 1. The quantitative estimate of drug-likeness (QED) is 0.895. The van der Waals surface area contributed by atoms with Gasteiger partial charge in [-0.25, -0.2) is 9.78 Å². The molecule has 0 saturated carbocycles. The molecule has 6 heteroatoms. The lowest BCUT2D eigenvalue weighted by molar-refractivity contribution is 0.0697. The number of aryl methyl sites for hydroxylation is 4. The highest BCUT2D eigenvalue weighted by atomic mass is 16.4. The van der Waals surface area contributed by atoms with E-state index in [1.54, 1.807) is 17.7 Å². The van der Waals surface area contributed by atoms with Gasteiger partial charge in [0.25, 0.3) is 0 Å². The molecule has 0 unspecified atom stereocenters. The van der Waals surface area contributed by atoms with Crippen LogP contribution in [0.1, 0.15) is 34.2 Å². The molecule has 6 nitrogen and oxygen atoms in total. The molecule has 20 heavy (non-hydrogen) atoms. The van der Waals surface area contributed by atoms with Crippen molar-refractivity contribution in [2.45, 2.75) is 27.2 Å². The van der Waals surface area contributed by atoms with E-state index in [9.17, 15) is 9.90 Å². The van der Waals surface area contributed by atoms with E-state index in [0.717, 1.165) is 23.5 Å². The summed E-state index contributed by atoms with van der Waals surface area (Å²) in [4.78, 5) is 15.7. The summed E-state index contributed by atoms with van der Waals surface area (Å²) >= 11 is 0. The third-order valence-corrected chi connectivity index (χ3v) is 3.05. The van der Waals surface area contributed by atoms with Crippen LogP contribution in [-0.4, -0.2) is 25.8 Å². The molecule has 0 fully saturated rings. The Kier molecular flexibility index (Phi) is 3.74. The highest BCUT2D eigenvalue weighted by Crippen LogP contribution is 2.24. The van der Waals surface area contributed by atoms with Gasteiger partial charge in [-0.05, 0) is 31.9 Å². The molecule has 2 aromatic rings. The van der Waals surface area contributed by atoms with E-state index in [-0.39, 0.29) is 5.56 Å². The van der Waals surface area contributed by atoms with E-state index in [1.807, 2.05) is 27.1 Å². The van der Waals surface area contributed by atoms with Gasteiger partial charge in [-0.2, -0.15) is 5.10 Å². The third-order valence-electron chi connectivity index (χ3n) is 3.05. The normalized spacial score (nSPS) is 10.6. The van der Waals surface area contributed by atoms with Crippen LogP contribution >= 0.6 is 0 Å². The van der Waals surface area contributed by atoms with Crippen molar-refractivity contribution >= 4 is 17.5 Å². The summed E-state index contributed by atoms with van der Waals surface area (Å²) in [6.07, 6.45) is 2.58. The van der Waals surface area contributed by atoms with Gasteiger partial charge in [0.2, 0.25) is 0 Å². The predicted octanol–water partition coefficient (Wildman–Crippen LogP) is 2.44. The fraction of sp³-hybridized carbons (Fsp3) is 0.357. The van der Waals surface area contributed by atoms with Crippen molar-refractivity contribution in [3.63, 3.8) is 0 Å². The zero-order valence-corrected chi connectivity index (χ0v) is 12.1. The van der Waals surface area contributed by atoms with E-state index < -0.39 is 5.97 Å². The van der Waals surface area contributed by atoms with E-state index in [2.05, 4.69) is 15.4 Å². The molecule has 0 saturated heterocycles. The Morgan fingerprint density at radius 3 is 2.75 bits per heavy atom. The van der Waals surface area contributed by atoms with Crippen LogP contribution in [0.15, 0.2) is 12.3 Å². The van der Waals surface area contributed by atoms with Crippen LogP contribution in [0.2, 0.25) is 0 Å². The van der Waals surface area contributed by atoms with Crippen LogP contribution in [0.4, 0.5) is 11.5 Å². The summed E-state index contributed by atoms with van der Waals surface area (Å²) in [7, 11) is 1.83. The summed E-state index contributed by atoms with van der Waals surface area (Å²) in [5, 5.41) is 16.8. The minimum Gasteiger partial charge on any atom is -0.478 e. The molecule has 0 bridgehead atoms. The average Bonchev–Trinajstić information content (AvgIpc) is 2.67. The second-order valence-corrected chi connectivity index (χ2v) is 4.75. The molecule has 0 atom stereocenters. The zero-order chi connectivity index (χ0) is 14.9. The monoisotopic (exact) mass is 274 g/mol. The number of pyridine rings is 1. The molecule has 2 N–H and O–H groups in total. The first-order valence-corrected chi connectivity index (χ1v) is 6.43. The Morgan fingerprint density at radius 2 is 2.15 bits per heavy atom. The smallest absolute Gasteiger partial charge is 0.339 e. The summed E-state index contributed by atoms with van der Waals surface area (Å²) in [5.41, 5.74) is 3.33. The number of carboxylic acids is 1. The molecule has 0 spiro atoms. The molecule has 0 aliphatic carbocycles. The van der Waals surface area contributed by atoms with Gasteiger partial charge >= 0.3 is 5.97 Å². The Hall–Kier alpha value is -2.37. The van der Waals surface area contributed by atoms with E-state index >= 15 is 0 Å². The van der Waals surface area contributed by atoms with Crippen LogP contribution in [0.5, 0.6) is 0 Å². The van der Waals surface area contributed by atoms with Crippen molar-refractivity contribution in [3.05, 3.63) is 34.8 Å². The molecule has 0 amide bonds. The minimum absolute atomic E-state index is 0.196. The lowest BCUT2D eigenvalue weighted by atomic mass is 10.1. The summed E-state index contributed by atoms with van der Waals surface area (Å²) in [5.74, 6) is -0.628. The topological polar surface area (TPSA) is 80.0 Å². The average molecular weight is 274 g/mol. The second kappa shape index (κ2) is 5.32. The Bertz CT molecular complexity index is 661. The van der Waals surface area contributed by atoms with Crippen LogP contribution in [-0.2, 0) is 13.5 Å². The van der Waals surface area contributed by atoms with Gasteiger partial charge in [-0.3, -0.25) is 4.68 Å². The summed E-state index contributed by atoms with van der Waals surface area (Å²) < 4.78 is 1.70. The minimum atomic E-state index is -0.987. The number of rotatable bonds is 4. The van der Waals surface area contributed by atoms with Crippen molar-refractivity contribution < 1.29 is 9.90 Å². The molecular formula is C14H18N4O2. The number of anilines is 2. The summed E-state index contributed by atoms with van der Waals surface area (Å²) in [6.45, 7) is 5.61. The van der Waals surface area contributed by atoms with E-state index in [0.29, 0.717) is 11.4 Å². The lowest BCUT2D eigenvalue weighted by Gasteiger charge is -2.11. The Balaban J connectivity index is 2.49. The van der Waals surface area contributed by atoms with Crippen molar-refractivity contribution in [2.75, 3.05) is 5.32 Å². The van der Waals surface area contributed by atoms with Crippen molar-refractivity contribution in [3.8, 4) is 0 Å². The van der Waals surface area contributed by atoms with Gasteiger partial charge in [0.15, 0.2) is 0 Å². The molecule has 0 aromatic carbocycles. The van der Waals surface area contributed by atoms with E-state index in [1.165, 1.54) is 0 Å². The van der Waals surface area contributed by atoms with Crippen molar-refractivity contribution in [1.29, 1.82) is 0 Å². The maximum Gasteiger partial charge on any atom is 0.339 e. The first-order valence-electron chi connectivity index (χ1n) is 6.43. The predicted molar refractivity (Wildman–Crippen MR) is 76.5 cm³/mol. The number of aromatic carboxylic acids is 1. The lowest BCUT2D eigenvalue weighted by Crippen LogP contribution is -2.08. The van der Waals surface area contributed by atoms with Gasteiger partial charge in [0.1, 0.15) is 11.4 Å². The first-order chi connectivity index (χ1) is 9.42. The molecule has 2 heterocycles. The molecule has 106 valence electrons. The van der Waals surface area contributed by atoms with E-state index in [4.69, 9.17) is 0 Å². The van der Waals surface area contributed by atoms with Gasteiger partial charge in [-0.1, -0.05) is 6.92 Å². The SMILES string of the molecule is CCc1nn(C)cc1Nc1nc(C)cc(C)c1C(=O)O. The fourth-order valence-corrected chi connectivity index (χ4v) is 2.22. The maximum atomic E-state index is 11.4. The van der Waals surface area contributed by atoms with Gasteiger partial charge in [0.05, 0.1) is 11.4 Å². The second-order valence-electron chi connectivity index (χ2n) is 4.75. The number of hydrogen-bond acceptors (Lipinski definition) is 4. The van der Waals surface area contributed by atoms with Crippen molar-refractivity contribution in [1.82, 2.24) is 14.8 Å². The molecule has 0 aliphatic rings. The highest BCUT2D eigenvalue weighted by molar-refractivity contribution is 5.95. The molecule has 0 radical (unpaired) electrons. The number of aromatic nitrogens is 3. The molecule has 0 aliphatic heterocycles. The first kappa shape index (κ1) is 14.0. The van der Waals surface area contributed by atoms with Crippen LogP contribution in [0.25, 0.3) is 0 Å². The molecular weight excluding hydrogens is 256 g/mol. The van der Waals surface area contributed by atoms with Gasteiger partial charge in [-0.15, -0.1) is 0 Å². The zero-order valence-electron chi connectivity index (χ0n) is 12.1. The molecule has 2 aromatic heterocycles. The Labute approximate surface area is 117 Å².